The number of hydrogen-bond acceptors (Lipinski definition) is 0. The van der Waals surface area contributed by atoms with E-state index in [1.807, 2.05) is 0 Å². The van der Waals surface area contributed by atoms with Crippen LogP contribution in [0.25, 0.3) is 77.5 Å². The Morgan fingerprint density at radius 1 is 0.327 bits per heavy atom. The van der Waals surface area contributed by atoms with Crippen LogP contribution in [0.2, 0.25) is 0 Å². The second-order valence-corrected chi connectivity index (χ2v) is 14.0. The molecule has 0 radical (unpaired) electrons. The van der Waals surface area contributed by atoms with Gasteiger partial charge in [-0.25, -0.2) is 0 Å². The maximum atomic E-state index is 2.59. The van der Waals surface area contributed by atoms with E-state index in [1.54, 1.807) is 0 Å². The van der Waals surface area contributed by atoms with Crippen LogP contribution in [0, 0.1) is 13.8 Å². The Labute approximate surface area is 287 Å². The fourth-order valence-corrected chi connectivity index (χ4v) is 9.88. The number of fused-ring (bicyclic) bond motifs is 14. The molecule has 0 heterocycles. The second kappa shape index (κ2) is 9.56. The van der Waals surface area contributed by atoms with Gasteiger partial charge in [-0.2, -0.15) is 0 Å². The lowest BCUT2D eigenvalue weighted by molar-refractivity contribution is 0.795. The zero-order chi connectivity index (χ0) is 32.4. The van der Waals surface area contributed by atoms with Crippen molar-refractivity contribution < 1.29 is 0 Å². The molecule has 0 N–H and O–H groups in total. The molecule has 0 saturated carbocycles. The van der Waals surface area contributed by atoms with Gasteiger partial charge < -0.3 is 0 Å². The van der Waals surface area contributed by atoms with Gasteiger partial charge in [-0.3, -0.25) is 0 Å². The number of hydrogen-bond donors (Lipinski definition) is 0. The molecule has 0 aliphatic heterocycles. The molecule has 3 aliphatic rings. The molecule has 0 atom stereocenters. The molecule has 0 nitrogen and oxygen atoms in total. The third-order valence-electron chi connectivity index (χ3n) is 11.7. The quantitative estimate of drug-likeness (QED) is 0.180. The van der Waals surface area contributed by atoms with Crippen molar-refractivity contribution in [3.63, 3.8) is 0 Å². The van der Waals surface area contributed by atoms with E-state index in [1.165, 1.54) is 111 Å². The molecule has 0 fully saturated rings. The summed E-state index contributed by atoms with van der Waals surface area (Å²) in [6.45, 7) is 4.48. The molecular weight excluding hydrogens is 589 g/mol. The average Bonchev–Trinajstić information content (AvgIpc) is 3.74. The Morgan fingerprint density at radius 3 is 1.57 bits per heavy atom. The molecule has 0 unspecified atom stereocenters. The van der Waals surface area contributed by atoms with Gasteiger partial charge in [0.2, 0.25) is 0 Å². The summed E-state index contributed by atoms with van der Waals surface area (Å²) in [4.78, 5) is 0. The van der Waals surface area contributed by atoms with E-state index in [0.29, 0.717) is 0 Å². The Kier molecular flexibility index (Phi) is 5.27. The van der Waals surface area contributed by atoms with Crippen molar-refractivity contribution in [2.45, 2.75) is 19.3 Å². The van der Waals surface area contributed by atoms with Crippen LogP contribution < -0.4 is 0 Å². The van der Waals surface area contributed by atoms with E-state index in [2.05, 4.69) is 172 Å². The fraction of sp³-hybridized carbons (Fsp3) is 0.0612. The van der Waals surface area contributed by atoms with Crippen LogP contribution in [0.5, 0.6) is 0 Å². The van der Waals surface area contributed by atoms with Gasteiger partial charge in [0.1, 0.15) is 0 Å². The summed E-state index contributed by atoms with van der Waals surface area (Å²) in [5.41, 5.74) is 23.7. The Hall–Kier alpha value is -5.98. The lowest BCUT2D eigenvalue weighted by Gasteiger charge is -2.31. The third-order valence-corrected chi connectivity index (χ3v) is 11.7. The monoisotopic (exact) mass is 620 g/mol. The highest BCUT2D eigenvalue weighted by atomic mass is 14.5. The van der Waals surface area contributed by atoms with Crippen LogP contribution in [-0.4, -0.2) is 0 Å². The maximum absolute atomic E-state index is 2.59. The van der Waals surface area contributed by atoms with E-state index in [0.717, 1.165) is 0 Å². The van der Waals surface area contributed by atoms with E-state index >= 15 is 0 Å². The van der Waals surface area contributed by atoms with Gasteiger partial charge in [0, 0.05) is 0 Å². The van der Waals surface area contributed by atoms with Gasteiger partial charge in [0.15, 0.2) is 0 Å². The summed E-state index contributed by atoms with van der Waals surface area (Å²) in [6, 6.07) is 59.6. The largest absolute Gasteiger partial charge is 0.0725 e. The van der Waals surface area contributed by atoms with Gasteiger partial charge in [-0.1, -0.05) is 140 Å². The predicted octanol–water partition coefficient (Wildman–Crippen LogP) is 12.8. The number of benzene rings is 8. The van der Waals surface area contributed by atoms with Gasteiger partial charge in [-0.05, 0) is 143 Å². The van der Waals surface area contributed by atoms with Crippen LogP contribution in [0.4, 0.5) is 0 Å². The van der Waals surface area contributed by atoms with Crippen molar-refractivity contribution in [3.05, 3.63) is 191 Å². The van der Waals surface area contributed by atoms with Crippen LogP contribution in [0.3, 0.4) is 0 Å². The lowest BCUT2D eigenvalue weighted by atomic mass is 9.70. The summed E-state index contributed by atoms with van der Waals surface area (Å²) < 4.78 is 0. The van der Waals surface area contributed by atoms with Crippen molar-refractivity contribution in [1.29, 1.82) is 0 Å². The molecule has 8 aromatic rings. The Balaban J connectivity index is 1.31. The van der Waals surface area contributed by atoms with Crippen molar-refractivity contribution in [2.75, 3.05) is 0 Å². The third kappa shape index (κ3) is 3.29. The zero-order valence-corrected chi connectivity index (χ0v) is 27.5. The predicted molar refractivity (Wildman–Crippen MR) is 205 cm³/mol. The van der Waals surface area contributed by atoms with Gasteiger partial charge in [-0.15, -0.1) is 0 Å². The van der Waals surface area contributed by atoms with E-state index in [9.17, 15) is 0 Å². The molecule has 3 aliphatic carbocycles. The van der Waals surface area contributed by atoms with Crippen LogP contribution >= 0.6 is 0 Å². The molecule has 0 heteroatoms. The smallest absolute Gasteiger partial charge is 0.0622 e. The van der Waals surface area contributed by atoms with Crippen LogP contribution in [-0.2, 0) is 5.41 Å². The van der Waals surface area contributed by atoms with Crippen molar-refractivity contribution >= 4 is 10.8 Å². The van der Waals surface area contributed by atoms with E-state index in [4.69, 9.17) is 0 Å². The lowest BCUT2D eigenvalue weighted by Crippen LogP contribution is -2.25. The summed E-state index contributed by atoms with van der Waals surface area (Å²) in [6.07, 6.45) is 0. The summed E-state index contributed by atoms with van der Waals surface area (Å²) >= 11 is 0. The van der Waals surface area contributed by atoms with Crippen molar-refractivity contribution in [3.8, 4) is 66.8 Å². The maximum Gasteiger partial charge on any atom is 0.0725 e. The van der Waals surface area contributed by atoms with Crippen molar-refractivity contribution in [1.82, 2.24) is 0 Å². The minimum Gasteiger partial charge on any atom is -0.0622 e. The highest BCUT2D eigenvalue weighted by molar-refractivity contribution is 6.23. The normalized spacial score (nSPS) is 13.7. The molecule has 0 aromatic heterocycles. The minimum absolute atomic E-state index is 0.381. The Morgan fingerprint density at radius 2 is 0.878 bits per heavy atom. The first-order valence-electron chi connectivity index (χ1n) is 17.4. The topological polar surface area (TPSA) is 0 Å². The summed E-state index contributed by atoms with van der Waals surface area (Å²) in [5.74, 6) is 0. The first kappa shape index (κ1) is 27.0. The molecule has 49 heavy (non-hydrogen) atoms. The van der Waals surface area contributed by atoms with E-state index < -0.39 is 0 Å². The summed E-state index contributed by atoms with van der Waals surface area (Å²) in [5, 5.41) is 2.72. The summed E-state index contributed by atoms with van der Waals surface area (Å²) in [7, 11) is 0. The molecule has 11 rings (SSSR count). The molecule has 228 valence electrons. The molecule has 1 spiro atoms. The zero-order valence-electron chi connectivity index (χ0n) is 27.5. The molecule has 0 saturated heterocycles. The number of rotatable bonds is 2. The average molecular weight is 621 g/mol. The minimum atomic E-state index is -0.381. The highest BCUT2D eigenvalue weighted by Crippen LogP contribution is 2.66. The first-order chi connectivity index (χ1) is 24.2. The van der Waals surface area contributed by atoms with Gasteiger partial charge in [0.25, 0.3) is 0 Å². The van der Waals surface area contributed by atoms with Gasteiger partial charge in [0.05, 0.1) is 5.41 Å². The first-order valence-corrected chi connectivity index (χ1v) is 17.4. The fourth-order valence-electron chi connectivity index (χ4n) is 9.88. The highest BCUT2D eigenvalue weighted by Gasteiger charge is 2.52. The second-order valence-electron chi connectivity index (χ2n) is 14.0. The SMILES string of the molecule is Cc1cccc(C)c1-c1cc(-c2ccccc2)c2c(c1)-c1cccc3c4c(cc-2c13)C1(c2ccccc2-c2ccccc21)c1ccccc1-4. The number of aryl methyl sites for hydroxylation is 2. The van der Waals surface area contributed by atoms with Gasteiger partial charge >= 0.3 is 0 Å². The van der Waals surface area contributed by atoms with E-state index in [-0.39, 0.29) is 5.41 Å². The molecule has 0 amide bonds. The standard InChI is InChI=1S/C49H32/c1-29-14-12-15-30(2)45(29)32-26-38(31-16-4-3-5-17-31)47-39(27-32)35-21-13-22-37-46(35)40(47)28-44-48(37)36-20-8-11-25-43(36)49(44)41-23-9-6-18-33(41)34-19-7-10-24-42(34)49/h3-28H,1-2H3. The molecule has 8 aromatic carbocycles. The van der Waals surface area contributed by atoms with Crippen LogP contribution in [0.15, 0.2) is 158 Å². The van der Waals surface area contributed by atoms with Crippen LogP contribution in [0.1, 0.15) is 33.4 Å². The Bertz CT molecular complexity index is 2660. The molecular formula is C49H32. The van der Waals surface area contributed by atoms with Crippen molar-refractivity contribution in [2.24, 2.45) is 0 Å². The molecule has 0 bridgehead atoms.